The van der Waals surface area contributed by atoms with E-state index in [1.807, 2.05) is 0 Å². The minimum absolute atomic E-state index is 0.00211. The van der Waals surface area contributed by atoms with Crippen molar-refractivity contribution in [1.29, 1.82) is 0 Å². The van der Waals surface area contributed by atoms with Crippen molar-refractivity contribution >= 4 is 31.2 Å². The molecule has 1 unspecified atom stereocenters. The van der Waals surface area contributed by atoms with Gasteiger partial charge in [-0.2, -0.15) is 0 Å². The molecule has 0 aliphatic carbocycles. The van der Waals surface area contributed by atoms with E-state index in [0.717, 1.165) is 0 Å². The van der Waals surface area contributed by atoms with Crippen LogP contribution in [0, 0.1) is 37.0 Å². The summed E-state index contributed by atoms with van der Waals surface area (Å²) in [7, 11) is -2.22. The van der Waals surface area contributed by atoms with Crippen molar-refractivity contribution < 1.29 is 61.2 Å². The van der Waals surface area contributed by atoms with Crippen molar-refractivity contribution in [2.24, 2.45) is 0 Å². The second-order valence-electron chi connectivity index (χ2n) is 13.9. The molecular formula is C41H67N4O13P. The molecule has 0 fully saturated rings. The lowest BCUT2D eigenvalue weighted by Crippen LogP contribution is -2.51. The van der Waals surface area contributed by atoms with Crippen molar-refractivity contribution in [1.82, 2.24) is 21.3 Å². The average Bonchev–Trinajstić information content (AvgIpc) is 3.20. The molecule has 0 bridgehead atoms. The van der Waals surface area contributed by atoms with Gasteiger partial charge in [0.15, 0.2) is 0 Å². The molecular weight excluding hydrogens is 787 g/mol. The minimum atomic E-state index is -3.51. The third-order valence-electron chi connectivity index (χ3n) is 8.30. The number of carbonyl (C=O) groups excluding carboxylic acids is 4. The van der Waals surface area contributed by atoms with Crippen LogP contribution in [0.15, 0.2) is 12.2 Å². The molecule has 0 spiro atoms. The summed E-state index contributed by atoms with van der Waals surface area (Å²) in [4.78, 5) is 52.9. The molecule has 59 heavy (non-hydrogen) atoms. The van der Waals surface area contributed by atoms with Gasteiger partial charge in [0, 0.05) is 63.5 Å². The second kappa shape index (κ2) is 34.0. The van der Waals surface area contributed by atoms with Gasteiger partial charge >= 0.3 is 7.60 Å². The summed E-state index contributed by atoms with van der Waals surface area (Å²) >= 11 is 0. The second-order valence-corrected chi connectivity index (χ2v) is 16.9. The third-order valence-corrected chi connectivity index (χ3v) is 10.9. The molecule has 0 rings (SSSR count). The van der Waals surface area contributed by atoms with E-state index in [-0.39, 0.29) is 134 Å². The van der Waals surface area contributed by atoms with E-state index in [1.165, 1.54) is 7.11 Å². The zero-order valence-corrected chi connectivity index (χ0v) is 36.4. The van der Waals surface area contributed by atoms with Crippen molar-refractivity contribution in [2.45, 2.75) is 76.4 Å². The van der Waals surface area contributed by atoms with Gasteiger partial charge in [0.05, 0.1) is 71.2 Å². The largest absolute Gasteiger partial charge is 0.377 e. The summed E-state index contributed by atoms with van der Waals surface area (Å²) in [6.45, 7) is 12.6. The van der Waals surface area contributed by atoms with E-state index in [9.17, 15) is 23.7 Å². The molecule has 0 aromatic rings. The standard InChI is InChI=1S/C41H67N4O13P/c1-9-22-52-29-32-55-26-19-42-36(46)12-16-41(17-13-37(47)43-20-27-56-33-30-53-23-10-2,18-14-38(48)44-21-28-57-34-31-54-24-11-3)45-39(49)35(4)15-25-58-59(50,51-8)40(5,6)7/h1-3H,4,12-34H2,5-8H3,(H,42,46)(H,43,47)(H,44,48)(H,45,49). The molecule has 334 valence electrons. The fourth-order valence-corrected chi connectivity index (χ4v) is 6.35. The highest BCUT2D eigenvalue weighted by molar-refractivity contribution is 7.55. The molecule has 0 aliphatic rings. The van der Waals surface area contributed by atoms with Gasteiger partial charge in [0.2, 0.25) is 23.6 Å². The van der Waals surface area contributed by atoms with Crippen LogP contribution in [0.4, 0.5) is 0 Å². The minimum Gasteiger partial charge on any atom is -0.377 e. The number of rotatable bonds is 37. The highest BCUT2D eigenvalue weighted by Gasteiger charge is 2.39. The predicted octanol–water partition coefficient (Wildman–Crippen LogP) is 2.13. The number of nitrogens with one attached hydrogen (secondary N) is 4. The summed E-state index contributed by atoms with van der Waals surface area (Å²) < 4.78 is 55.9. The van der Waals surface area contributed by atoms with Gasteiger partial charge in [-0.05, 0) is 40.0 Å². The Labute approximate surface area is 351 Å². The van der Waals surface area contributed by atoms with Crippen LogP contribution in [0.1, 0.15) is 65.7 Å². The predicted molar refractivity (Wildman–Crippen MR) is 223 cm³/mol. The van der Waals surface area contributed by atoms with E-state index in [4.69, 9.17) is 56.7 Å². The van der Waals surface area contributed by atoms with Gasteiger partial charge in [-0.25, -0.2) is 0 Å². The lowest BCUT2D eigenvalue weighted by Gasteiger charge is -2.35. The molecule has 17 nitrogen and oxygen atoms in total. The molecule has 0 heterocycles. The lowest BCUT2D eigenvalue weighted by molar-refractivity contribution is -0.125. The van der Waals surface area contributed by atoms with E-state index < -0.39 is 24.2 Å². The smallest absolute Gasteiger partial charge is 0.335 e. The Morgan fingerprint density at radius 2 is 0.932 bits per heavy atom. The molecule has 0 aliphatic heterocycles. The van der Waals surface area contributed by atoms with E-state index in [0.29, 0.717) is 39.6 Å². The first-order valence-corrected chi connectivity index (χ1v) is 21.1. The van der Waals surface area contributed by atoms with Crippen LogP contribution in [0.2, 0.25) is 0 Å². The Kier molecular flexibility index (Phi) is 31.8. The number of hydrogen-bond donors (Lipinski definition) is 4. The van der Waals surface area contributed by atoms with Crippen LogP contribution in [0.3, 0.4) is 0 Å². The van der Waals surface area contributed by atoms with Crippen LogP contribution in [0.5, 0.6) is 0 Å². The van der Waals surface area contributed by atoms with Crippen LogP contribution in [-0.2, 0) is 61.2 Å². The first kappa shape index (κ1) is 55.2. The SMILES string of the molecule is C#CCOCCOCCNC(=O)CCC(CCC(=O)NCCOCCOCC#C)(CCC(=O)NCCOCCOCC#C)NC(=O)C(=C)CCOP(=O)(OC)C(C)(C)C. The van der Waals surface area contributed by atoms with Crippen LogP contribution >= 0.6 is 7.60 Å². The highest BCUT2D eigenvalue weighted by atomic mass is 31.2. The van der Waals surface area contributed by atoms with Crippen LogP contribution in [0.25, 0.3) is 0 Å². The zero-order chi connectivity index (χ0) is 44.3. The Bertz CT molecular complexity index is 1300. The third kappa shape index (κ3) is 28.3. The molecule has 0 aromatic heterocycles. The maximum Gasteiger partial charge on any atom is 0.335 e. The quantitative estimate of drug-likeness (QED) is 0.0306. The summed E-state index contributed by atoms with van der Waals surface area (Å²) in [5.74, 6) is 5.51. The normalized spacial score (nSPS) is 12.3. The van der Waals surface area contributed by atoms with E-state index in [2.05, 4.69) is 45.6 Å². The van der Waals surface area contributed by atoms with Crippen LogP contribution < -0.4 is 21.3 Å². The fraction of sp³-hybridized carbons (Fsp3) is 0.707. The number of terminal acetylenes is 3. The number of hydrogen-bond acceptors (Lipinski definition) is 13. The monoisotopic (exact) mass is 854 g/mol. The van der Waals surface area contributed by atoms with Crippen molar-refractivity contribution in [2.75, 3.05) is 113 Å². The Morgan fingerprint density at radius 1 is 0.576 bits per heavy atom. The molecule has 0 saturated heterocycles. The summed E-state index contributed by atoms with van der Waals surface area (Å²) in [5.41, 5.74) is -1.12. The maximum absolute atomic E-state index is 13.7. The van der Waals surface area contributed by atoms with Gasteiger partial charge in [0.1, 0.15) is 19.8 Å². The van der Waals surface area contributed by atoms with E-state index >= 15 is 0 Å². The topological polar surface area (TPSA) is 207 Å². The van der Waals surface area contributed by atoms with Gasteiger partial charge in [-0.3, -0.25) is 23.7 Å². The Morgan fingerprint density at radius 3 is 1.25 bits per heavy atom. The molecule has 0 saturated carbocycles. The molecule has 0 aromatic carbocycles. The van der Waals surface area contributed by atoms with Gasteiger partial charge < -0.3 is 58.7 Å². The lowest BCUT2D eigenvalue weighted by atomic mass is 9.82. The van der Waals surface area contributed by atoms with Crippen molar-refractivity contribution in [3.05, 3.63) is 12.2 Å². The van der Waals surface area contributed by atoms with Gasteiger partial charge in [0.25, 0.3) is 0 Å². The first-order chi connectivity index (χ1) is 28.2. The maximum atomic E-state index is 13.7. The van der Waals surface area contributed by atoms with E-state index in [1.54, 1.807) is 20.8 Å². The van der Waals surface area contributed by atoms with Crippen molar-refractivity contribution in [3.8, 4) is 37.0 Å². The number of ether oxygens (including phenoxy) is 6. The van der Waals surface area contributed by atoms with Gasteiger partial charge in [-0.15, -0.1) is 19.3 Å². The summed E-state index contributed by atoms with van der Waals surface area (Å²) in [5, 5.41) is 10.6. The van der Waals surface area contributed by atoms with Crippen LogP contribution in [-0.4, -0.2) is 147 Å². The molecule has 4 N–H and O–H groups in total. The Balaban J connectivity index is 5.90. The molecule has 1 atom stereocenters. The number of amides is 4. The summed E-state index contributed by atoms with van der Waals surface area (Å²) in [6.07, 6.45) is 15.5. The highest BCUT2D eigenvalue weighted by Crippen LogP contribution is 2.59. The fourth-order valence-electron chi connectivity index (χ4n) is 4.98. The van der Waals surface area contributed by atoms with Gasteiger partial charge in [-0.1, -0.05) is 24.3 Å². The van der Waals surface area contributed by atoms with Crippen molar-refractivity contribution in [3.63, 3.8) is 0 Å². The summed E-state index contributed by atoms with van der Waals surface area (Å²) in [6, 6.07) is 0. The zero-order valence-electron chi connectivity index (χ0n) is 35.5. The number of carbonyl (C=O) groups is 4. The molecule has 18 heteroatoms. The Hall–Kier alpha value is -3.79. The molecule has 0 radical (unpaired) electrons. The average molecular weight is 855 g/mol. The first-order valence-electron chi connectivity index (χ1n) is 19.6. The molecule has 4 amide bonds.